The molecule has 1 amide bonds. The molecule has 0 spiro atoms. The molecule has 3 aromatic heterocycles. The summed E-state index contributed by atoms with van der Waals surface area (Å²) in [6.07, 6.45) is -1.07. The second-order valence-electron chi connectivity index (χ2n) is 6.83. The first-order chi connectivity index (χ1) is 14.7. The number of aromatic nitrogens is 4. The van der Waals surface area contributed by atoms with Crippen molar-refractivity contribution in [3.63, 3.8) is 0 Å². The topological polar surface area (TPSA) is 90.2 Å². The Labute approximate surface area is 181 Å². The number of rotatable bonds is 6. The summed E-state index contributed by atoms with van der Waals surface area (Å²) < 4.78 is 51.7. The molecule has 0 bridgehead atoms. The Morgan fingerprint density at radius 2 is 2.13 bits per heavy atom. The summed E-state index contributed by atoms with van der Waals surface area (Å²) in [5, 5.41) is 6.98. The van der Waals surface area contributed by atoms with Gasteiger partial charge in [0.05, 0.1) is 0 Å². The molecule has 8 nitrogen and oxygen atoms in total. The van der Waals surface area contributed by atoms with E-state index >= 15 is 0 Å². The molecule has 0 saturated carbocycles. The van der Waals surface area contributed by atoms with Gasteiger partial charge in [-0.15, -0.1) is 0 Å². The van der Waals surface area contributed by atoms with Crippen molar-refractivity contribution in [1.29, 1.82) is 0 Å². The van der Waals surface area contributed by atoms with Crippen molar-refractivity contribution >= 4 is 38.6 Å². The van der Waals surface area contributed by atoms with E-state index in [0.717, 1.165) is 4.57 Å². The van der Waals surface area contributed by atoms with Gasteiger partial charge in [-0.25, -0.2) is 0 Å². The summed E-state index contributed by atoms with van der Waals surface area (Å²) >= 11 is 2.20. The number of hydrogen-bond donors (Lipinski definition) is 1. The van der Waals surface area contributed by atoms with E-state index in [1.165, 1.54) is 0 Å². The molecule has 1 N–H and O–H groups in total. The first kappa shape index (κ1) is 21.0. The van der Waals surface area contributed by atoms with E-state index in [-0.39, 0.29) is 29.9 Å². The Morgan fingerprint density at radius 1 is 1.32 bits per heavy atom. The van der Waals surface area contributed by atoms with Crippen molar-refractivity contribution in [3.8, 4) is 11.5 Å². The van der Waals surface area contributed by atoms with Crippen LogP contribution in [0.1, 0.15) is 16.2 Å². The van der Waals surface area contributed by atoms with Gasteiger partial charge in [-0.05, 0) is 6.07 Å². The number of amides is 1. The van der Waals surface area contributed by atoms with Gasteiger partial charge in [0, 0.05) is 19.4 Å². The Kier molecular flexibility index (Phi) is 5.51. The van der Waals surface area contributed by atoms with Gasteiger partial charge in [0.2, 0.25) is 0 Å². The molecule has 3 heterocycles. The van der Waals surface area contributed by atoms with E-state index < -0.39 is 12.7 Å². The number of hydrogen-bond acceptors (Lipinski definition) is 5. The molecule has 0 fully saturated rings. The van der Waals surface area contributed by atoms with E-state index in [0.29, 0.717) is 22.2 Å². The zero-order chi connectivity index (χ0) is 22.2. The quantitative estimate of drug-likeness (QED) is 0.462. The van der Waals surface area contributed by atoms with Crippen LogP contribution in [-0.4, -0.2) is 47.5 Å². The summed E-state index contributed by atoms with van der Waals surface area (Å²) in [6.45, 7) is -1.28. The van der Waals surface area contributed by atoms with E-state index in [1.807, 2.05) is 0 Å². The molecular weight excluding hydrogens is 428 g/mol. The SMILES string of the molecule is Cn1ccc(C(=O)NCc2nc(-c3cc4c([N]=[Al])cccc4n3CC(F)(F)F)no2)c1. The summed E-state index contributed by atoms with van der Waals surface area (Å²) in [7, 11) is 1.79. The van der Waals surface area contributed by atoms with Crippen molar-refractivity contribution in [2.75, 3.05) is 0 Å². The average Bonchev–Trinajstić information content (AvgIpc) is 3.44. The van der Waals surface area contributed by atoms with Gasteiger partial charge in [-0.2, -0.15) is 0 Å². The van der Waals surface area contributed by atoms with Crippen LogP contribution >= 0.6 is 0 Å². The van der Waals surface area contributed by atoms with Gasteiger partial charge in [0.25, 0.3) is 0 Å². The third-order valence-corrected chi connectivity index (χ3v) is 4.87. The maximum atomic E-state index is 13.2. The largest absolute Gasteiger partial charge is 0.0160 e. The third-order valence-electron chi connectivity index (χ3n) is 4.59. The van der Waals surface area contributed by atoms with Crippen LogP contribution in [0.3, 0.4) is 0 Å². The van der Waals surface area contributed by atoms with Crippen LogP contribution in [0.5, 0.6) is 0 Å². The minimum atomic E-state index is -4.45. The van der Waals surface area contributed by atoms with Crippen LogP contribution < -0.4 is 5.32 Å². The number of nitrogens with one attached hydrogen (secondary N) is 1. The Bertz CT molecular complexity index is 1270. The van der Waals surface area contributed by atoms with Crippen LogP contribution in [0.2, 0.25) is 0 Å². The number of fused-ring (bicyclic) bond motifs is 1. The van der Waals surface area contributed by atoms with Gasteiger partial charge in [-0.3, -0.25) is 0 Å². The zero-order valence-electron chi connectivity index (χ0n) is 16.2. The van der Waals surface area contributed by atoms with Gasteiger partial charge in [0.15, 0.2) is 0 Å². The molecule has 0 aliphatic rings. The fourth-order valence-corrected chi connectivity index (χ4v) is 3.47. The molecule has 1 radical (unpaired) electrons. The number of carbonyl (C=O) groups excluding carboxylic acids is 1. The molecule has 0 atom stereocenters. The molecule has 0 aliphatic carbocycles. The monoisotopic (exact) mass is 443 g/mol. The second kappa shape index (κ2) is 8.13. The average molecular weight is 443 g/mol. The van der Waals surface area contributed by atoms with Crippen LogP contribution in [0.4, 0.5) is 18.9 Å². The smallest absolute Gasteiger partial charge is 0.0160 e. The summed E-state index contributed by atoms with van der Waals surface area (Å²) in [4.78, 5) is 16.3. The molecule has 0 aliphatic heterocycles. The number of benzene rings is 1. The molecule has 0 unspecified atom stereocenters. The van der Waals surface area contributed by atoms with E-state index in [2.05, 4.69) is 35.5 Å². The first-order valence-electron chi connectivity index (χ1n) is 9.08. The normalized spacial score (nSPS) is 11.7. The van der Waals surface area contributed by atoms with Crippen LogP contribution in [0.25, 0.3) is 22.4 Å². The van der Waals surface area contributed by atoms with Gasteiger partial charge < -0.3 is 4.57 Å². The molecule has 157 valence electrons. The molecule has 4 aromatic rings. The van der Waals surface area contributed by atoms with Gasteiger partial charge in [-0.1, -0.05) is 0 Å². The first-order valence-corrected chi connectivity index (χ1v) is 9.60. The van der Waals surface area contributed by atoms with E-state index in [4.69, 9.17) is 4.52 Å². The minimum absolute atomic E-state index is 0.0147. The predicted molar refractivity (Wildman–Crippen MR) is 106 cm³/mol. The molecule has 1 aromatic carbocycles. The predicted octanol–water partition coefficient (Wildman–Crippen LogP) is 3.51. The number of aryl methyl sites for hydroxylation is 1. The van der Waals surface area contributed by atoms with E-state index in [9.17, 15) is 18.0 Å². The van der Waals surface area contributed by atoms with Crippen molar-refractivity contribution in [1.82, 2.24) is 24.6 Å². The summed E-state index contributed by atoms with van der Waals surface area (Å²) in [6, 6.07) is 8.09. The van der Waals surface area contributed by atoms with Crippen LogP contribution in [-0.2, 0) is 20.1 Å². The number of alkyl halides is 3. The Morgan fingerprint density at radius 3 is 2.81 bits per heavy atom. The second-order valence-corrected chi connectivity index (χ2v) is 7.09. The van der Waals surface area contributed by atoms with Gasteiger partial charge in [0.1, 0.15) is 0 Å². The van der Waals surface area contributed by atoms with Crippen LogP contribution in [0.15, 0.2) is 51.2 Å². The number of carbonyl (C=O) groups is 1. The minimum Gasteiger partial charge on any atom is 0.0160 e. The number of nitrogens with zero attached hydrogens (tertiary/aromatic N) is 5. The van der Waals surface area contributed by atoms with Gasteiger partial charge >= 0.3 is 152 Å². The maximum Gasteiger partial charge on any atom is 0.0160 e. The Hall–Kier alpha value is -3.23. The summed E-state index contributed by atoms with van der Waals surface area (Å²) in [5.74, 6) is -0.281. The molecule has 31 heavy (non-hydrogen) atoms. The van der Waals surface area contributed by atoms with Crippen molar-refractivity contribution in [2.45, 2.75) is 19.3 Å². The summed E-state index contributed by atoms with van der Waals surface area (Å²) in [5.41, 5.74) is 1.46. The molecule has 4 rings (SSSR count). The van der Waals surface area contributed by atoms with Crippen LogP contribution in [0, 0.1) is 0 Å². The maximum absolute atomic E-state index is 13.2. The Balaban J connectivity index is 1.64. The van der Waals surface area contributed by atoms with Crippen molar-refractivity contribution in [2.24, 2.45) is 11.0 Å². The van der Waals surface area contributed by atoms with Crippen molar-refractivity contribution in [3.05, 3.63) is 54.2 Å². The fraction of sp³-hybridized carbons (Fsp3) is 0.211. The third kappa shape index (κ3) is 4.45. The number of halogens is 3. The fourth-order valence-electron chi connectivity index (χ4n) is 3.24. The zero-order valence-corrected chi connectivity index (χ0v) is 17.4. The van der Waals surface area contributed by atoms with Crippen molar-refractivity contribution < 1.29 is 22.5 Å². The molecular formula is C19H15AlF3N6O2. The molecule has 0 saturated heterocycles. The standard InChI is InChI=1S/C19H15F3N6O2.Al/c1-27-6-5-11(9-27)18(29)24-8-16-25-17(26-30-16)15-7-12-13(23)3-2-4-14(12)28(15)10-19(20,21)22;/h2-7,9H,8,10H2,1H3,(H,24,29);. The van der Waals surface area contributed by atoms with E-state index in [1.54, 1.807) is 54.3 Å². The molecule has 12 heteroatoms.